The Labute approximate surface area is 141 Å². The molecule has 0 aromatic heterocycles. The van der Waals surface area contributed by atoms with Gasteiger partial charge in [0.05, 0.1) is 0 Å². The van der Waals surface area contributed by atoms with Crippen LogP contribution in [0.5, 0.6) is 0 Å². The van der Waals surface area contributed by atoms with Crippen LogP contribution in [0.1, 0.15) is 0 Å². The molecule has 0 unspecified atom stereocenters. The van der Waals surface area contributed by atoms with Gasteiger partial charge in [-0.3, -0.25) is 0 Å². The Morgan fingerprint density at radius 2 is 1.19 bits per heavy atom. The predicted octanol–water partition coefficient (Wildman–Crippen LogP) is 6.73. The monoisotopic (exact) mass is 370 g/mol. The summed E-state index contributed by atoms with van der Waals surface area (Å²) >= 11 is 7.44. The van der Waals surface area contributed by atoms with E-state index in [-0.39, 0.29) is 0 Å². The Hall–Kier alpha value is -1.16. The standard InChI is InChI=1S/C18H11BrS2/c19-14-11-18-17(10-13(14)12-6-2-1-3-7-12)20-15-8-4-5-9-16(15)21-18/h1-11H. The van der Waals surface area contributed by atoms with Gasteiger partial charge in [0.2, 0.25) is 0 Å². The Morgan fingerprint density at radius 3 is 1.86 bits per heavy atom. The van der Waals surface area contributed by atoms with Crippen molar-refractivity contribution in [3.05, 3.63) is 71.2 Å². The highest BCUT2D eigenvalue weighted by Crippen LogP contribution is 2.50. The van der Waals surface area contributed by atoms with Crippen LogP contribution in [0.15, 0.2) is 90.8 Å². The van der Waals surface area contributed by atoms with Gasteiger partial charge in [-0.15, -0.1) is 0 Å². The van der Waals surface area contributed by atoms with Gasteiger partial charge in [-0.1, -0.05) is 81.9 Å². The first-order valence-electron chi connectivity index (χ1n) is 6.65. The normalized spacial score (nSPS) is 12.6. The Kier molecular flexibility index (Phi) is 3.57. The van der Waals surface area contributed by atoms with Crippen molar-refractivity contribution in [2.45, 2.75) is 19.6 Å². The van der Waals surface area contributed by atoms with Crippen LogP contribution in [0.4, 0.5) is 0 Å². The third kappa shape index (κ3) is 2.54. The molecule has 3 aromatic rings. The molecule has 0 aliphatic carbocycles. The predicted molar refractivity (Wildman–Crippen MR) is 94.3 cm³/mol. The summed E-state index contributed by atoms with van der Waals surface area (Å²) in [6, 6.07) is 23.7. The molecule has 0 saturated carbocycles. The number of hydrogen-bond acceptors (Lipinski definition) is 2. The van der Waals surface area contributed by atoms with Crippen molar-refractivity contribution in [2.75, 3.05) is 0 Å². The fourth-order valence-corrected chi connectivity index (χ4v) is 5.39. The van der Waals surface area contributed by atoms with Crippen molar-refractivity contribution >= 4 is 39.5 Å². The van der Waals surface area contributed by atoms with Crippen LogP contribution in [0, 0.1) is 0 Å². The van der Waals surface area contributed by atoms with E-state index in [9.17, 15) is 0 Å². The topological polar surface area (TPSA) is 0 Å². The fourth-order valence-electron chi connectivity index (χ4n) is 2.39. The van der Waals surface area contributed by atoms with Crippen LogP contribution in [-0.2, 0) is 0 Å². The summed E-state index contributed by atoms with van der Waals surface area (Å²) in [4.78, 5) is 5.34. The molecular formula is C18H11BrS2. The van der Waals surface area contributed by atoms with Crippen LogP contribution >= 0.6 is 39.5 Å². The second-order valence-corrected chi connectivity index (χ2v) is 7.82. The molecule has 0 fully saturated rings. The van der Waals surface area contributed by atoms with Crippen molar-refractivity contribution in [1.82, 2.24) is 0 Å². The average Bonchev–Trinajstić information content (AvgIpc) is 2.53. The lowest BCUT2D eigenvalue weighted by Crippen LogP contribution is -1.91. The van der Waals surface area contributed by atoms with E-state index in [2.05, 4.69) is 82.7 Å². The van der Waals surface area contributed by atoms with Gasteiger partial charge >= 0.3 is 0 Å². The summed E-state index contributed by atoms with van der Waals surface area (Å²) in [5, 5.41) is 0. The van der Waals surface area contributed by atoms with Crippen LogP contribution in [0.3, 0.4) is 0 Å². The van der Waals surface area contributed by atoms with Crippen LogP contribution in [-0.4, -0.2) is 0 Å². The maximum absolute atomic E-state index is 3.73. The number of fused-ring (bicyclic) bond motifs is 2. The van der Waals surface area contributed by atoms with Crippen molar-refractivity contribution in [3.8, 4) is 11.1 Å². The van der Waals surface area contributed by atoms with Crippen LogP contribution < -0.4 is 0 Å². The summed E-state index contributed by atoms with van der Waals surface area (Å²) in [5.74, 6) is 0. The molecule has 1 heterocycles. The number of rotatable bonds is 1. The van der Waals surface area contributed by atoms with E-state index < -0.39 is 0 Å². The lowest BCUT2D eigenvalue weighted by atomic mass is 10.1. The molecule has 0 saturated heterocycles. The molecule has 0 nitrogen and oxygen atoms in total. The minimum absolute atomic E-state index is 1.15. The molecule has 0 radical (unpaired) electrons. The largest absolute Gasteiger partial charge is 0.0877 e. The van der Waals surface area contributed by atoms with Crippen molar-refractivity contribution in [2.24, 2.45) is 0 Å². The van der Waals surface area contributed by atoms with E-state index in [1.54, 1.807) is 0 Å². The fraction of sp³-hybridized carbons (Fsp3) is 0. The van der Waals surface area contributed by atoms with E-state index >= 15 is 0 Å². The van der Waals surface area contributed by atoms with Crippen LogP contribution in [0.25, 0.3) is 11.1 Å². The van der Waals surface area contributed by atoms with E-state index in [1.165, 1.54) is 30.7 Å². The zero-order chi connectivity index (χ0) is 14.2. The first-order chi connectivity index (χ1) is 10.3. The van der Waals surface area contributed by atoms with E-state index in [0.717, 1.165) is 4.47 Å². The summed E-state index contributed by atoms with van der Waals surface area (Å²) in [6.45, 7) is 0. The summed E-state index contributed by atoms with van der Waals surface area (Å²) < 4.78 is 1.15. The molecule has 21 heavy (non-hydrogen) atoms. The lowest BCUT2D eigenvalue weighted by molar-refractivity contribution is 1.15. The summed E-state index contributed by atoms with van der Waals surface area (Å²) in [6.07, 6.45) is 0. The SMILES string of the molecule is Brc1cc2c(cc1-c1ccccc1)Sc1ccccc1S2. The van der Waals surface area contributed by atoms with Gasteiger partial charge in [0.15, 0.2) is 0 Å². The van der Waals surface area contributed by atoms with Crippen LogP contribution in [0.2, 0.25) is 0 Å². The van der Waals surface area contributed by atoms with Gasteiger partial charge in [-0.2, -0.15) is 0 Å². The minimum Gasteiger partial charge on any atom is -0.0877 e. The highest BCUT2D eigenvalue weighted by atomic mass is 79.9. The highest BCUT2D eigenvalue weighted by Gasteiger charge is 2.18. The van der Waals surface area contributed by atoms with Crippen molar-refractivity contribution < 1.29 is 0 Å². The average molecular weight is 371 g/mol. The first kappa shape index (κ1) is 13.5. The number of benzene rings is 3. The molecule has 0 amide bonds. The van der Waals surface area contributed by atoms with Gasteiger partial charge in [0, 0.05) is 24.1 Å². The first-order valence-corrected chi connectivity index (χ1v) is 9.07. The van der Waals surface area contributed by atoms with Gasteiger partial charge in [-0.25, -0.2) is 0 Å². The molecule has 0 N–H and O–H groups in total. The summed E-state index contributed by atoms with van der Waals surface area (Å²) in [7, 11) is 0. The minimum atomic E-state index is 1.15. The third-order valence-electron chi connectivity index (χ3n) is 3.41. The van der Waals surface area contributed by atoms with Crippen molar-refractivity contribution in [1.29, 1.82) is 0 Å². The molecule has 0 spiro atoms. The molecule has 0 bridgehead atoms. The Balaban J connectivity index is 1.82. The molecule has 3 aromatic carbocycles. The Bertz CT molecular complexity index is 813. The Morgan fingerprint density at radius 1 is 0.619 bits per heavy atom. The maximum atomic E-state index is 3.73. The van der Waals surface area contributed by atoms with Gasteiger partial charge in [0.25, 0.3) is 0 Å². The summed E-state index contributed by atoms with van der Waals surface area (Å²) in [5.41, 5.74) is 2.50. The van der Waals surface area contributed by atoms with Gasteiger partial charge in [0.1, 0.15) is 0 Å². The van der Waals surface area contributed by atoms with Crippen molar-refractivity contribution in [3.63, 3.8) is 0 Å². The maximum Gasteiger partial charge on any atom is 0.0274 e. The molecular weight excluding hydrogens is 360 g/mol. The molecule has 4 rings (SSSR count). The number of hydrogen-bond donors (Lipinski definition) is 0. The highest BCUT2D eigenvalue weighted by molar-refractivity contribution is 9.10. The van der Waals surface area contributed by atoms with E-state index in [4.69, 9.17) is 0 Å². The second kappa shape index (κ2) is 5.56. The molecule has 0 atom stereocenters. The molecule has 1 aliphatic rings. The van der Waals surface area contributed by atoms with Gasteiger partial charge < -0.3 is 0 Å². The molecule has 1 aliphatic heterocycles. The molecule has 102 valence electrons. The lowest BCUT2D eigenvalue weighted by Gasteiger charge is -2.20. The zero-order valence-electron chi connectivity index (χ0n) is 11.0. The zero-order valence-corrected chi connectivity index (χ0v) is 14.3. The number of halogens is 1. The van der Waals surface area contributed by atoms with E-state index in [0.29, 0.717) is 0 Å². The molecule has 3 heteroatoms. The second-order valence-electron chi connectivity index (χ2n) is 4.80. The quantitative estimate of drug-likeness (QED) is 0.364. The van der Waals surface area contributed by atoms with E-state index in [1.807, 2.05) is 23.5 Å². The third-order valence-corrected chi connectivity index (χ3v) is 6.59. The van der Waals surface area contributed by atoms with Gasteiger partial charge in [-0.05, 0) is 35.4 Å². The smallest absolute Gasteiger partial charge is 0.0274 e.